The number of nitrogens with zero attached hydrogens (tertiary/aromatic N) is 5. The number of pyridine rings is 2. The summed E-state index contributed by atoms with van der Waals surface area (Å²) < 4.78 is 59.1. The number of rotatable bonds is 5. The van der Waals surface area contributed by atoms with Crippen LogP contribution < -0.4 is 4.74 Å². The summed E-state index contributed by atoms with van der Waals surface area (Å²) in [6, 6.07) is 4.29. The molecule has 2 aliphatic rings. The van der Waals surface area contributed by atoms with Gasteiger partial charge in [-0.1, -0.05) is 0 Å². The Hall–Kier alpha value is -2.75. The molecule has 10 heteroatoms. The average molecular weight is 420 g/mol. The molecule has 3 aromatic rings. The molecule has 0 amide bonds. The molecule has 3 atom stereocenters. The Bertz CT molecular complexity index is 1090. The minimum Gasteiger partial charge on any atom is -0.475 e. The molecule has 0 N–H and O–H groups in total. The predicted molar refractivity (Wildman–Crippen MR) is 98.9 cm³/mol. The highest BCUT2D eigenvalue weighted by Gasteiger charge is 2.55. The van der Waals surface area contributed by atoms with E-state index in [-0.39, 0.29) is 18.4 Å². The standard InChI is InChI=1S/C20H19F4N5O/c1-28-16-3-2-4-25-18(16)27-17(28)9-29-7-12-13(8-29)14(12)10-30-19-15(21)5-11(6-26-19)20(22,23)24/h2-6,12-14H,7-10H2,1H3/t12-,13+,14?/i21-1. The lowest BCUT2D eigenvalue weighted by molar-refractivity contribution is -0.138. The topological polar surface area (TPSA) is 56.1 Å². The van der Waals surface area contributed by atoms with E-state index in [9.17, 15) is 17.6 Å². The Morgan fingerprint density at radius 3 is 2.63 bits per heavy atom. The maximum atomic E-state index is 13.9. The third kappa shape index (κ3) is 3.38. The van der Waals surface area contributed by atoms with Gasteiger partial charge >= 0.3 is 6.18 Å². The molecule has 6 nitrogen and oxygen atoms in total. The molecule has 0 aromatic carbocycles. The number of halogens is 4. The van der Waals surface area contributed by atoms with E-state index in [1.165, 1.54) is 0 Å². The van der Waals surface area contributed by atoms with E-state index in [0.717, 1.165) is 36.6 Å². The molecular formula is C20H19F4N5O. The average Bonchev–Trinajstić information content (AvgIpc) is 3.02. The number of hydrogen-bond acceptors (Lipinski definition) is 5. The maximum Gasteiger partial charge on any atom is 0.417 e. The van der Waals surface area contributed by atoms with Crippen molar-refractivity contribution in [3.63, 3.8) is 0 Å². The molecule has 1 aliphatic carbocycles. The van der Waals surface area contributed by atoms with E-state index in [0.29, 0.717) is 24.1 Å². The molecule has 3 aromatic heterocycles. The summed E-state index contributed by atoms with van der Waals surface area (Å²) in [4.78, 5) is 14.7. The van der Waals surface area contributed by atoms with Crippen molar-refractivity contribution in [2.75, 3.05) is 19.7 Å². The van der Waals surface area contributed by atoms with Gasteiger partial charge in [0.1, 0.15) is 5.82 Å². The number of alkyl halides is 3. The summed E-state index contributed by atoms with van der Waals surface area (Å²) >= 11 is 0. The van der Waals surface area contributed by atoms with Crippen LogP contribution in [0, 0.1) is 23.6 Å². The second kappa shape index (κ2) is 6.90. The van der Waals surface area contributed by atoms with Gasteiger partial charge in [-0.05, 0) is 30.0 Å². The van der Waals surface area contributed by atoms with E-state index in [1.54, 1.807) is 6.20 Å². The second-order valence-corrected chi connectivity index (χ2v) is 7.94. The first-order valence-electron chi connectivity index (χ1n) is 9.65. The third-order valence-corrected chi connectivity index (χ3v) is 6.11. The van der Waals surface area contributed by atoms with Gasteiger partial charge in [0, 0.05) is 38.4 Å². The lowest BCUT2D eigenvalue weighted by atomic mass is 10.2. The highest BCUT2D eigenvalue weighted by Crippen LogP contribution is 2.52. The van der Waals surface area contributed by atoms with Gasteiger partial charge in [-0.3, -0.25) is 4.90 Å². The van der Waals surface area contributed by atoms with Crippen LogP contribution in [-0.4, -0.2) is 44.1 Å². The fourth-order valence-electron chi connectivity index (χ4n) is 4.39. The Morgan fingerprint density at radius 2 is 1.97 bits per heavy atom. The molecule has 5 rings (SSSR count). The summed E-state index contributed by atoms with van der Waals surface area (Å²) in [5.41, 5.74) is 0.606. The van der Waals surface area contributed by atoms with Gasteiger partial charge in [0.25, 0.3) is 0 Å². The Balaban J connectivity index is 1.15. The largest absolute Gasteiger partial charge is 0.475 e. The van der Waals surface area contributed by atoms with Crippen molar-refractivity contribution >= 4 is 11.2 Å². The van der Waals surface area contributed by atoms with E-state index < -0.39 is 17.6 Å². The number of ether oxygens (including phenoxy) is 1. The Kier molecular flexibility index (Phi) is 4.42. The SMILES string of the molecule is Cn1c(CN2C[C@@H]3C(COc4ncc(C(F)(F)F)cc4[18F])[C@@H]3C2)nc2ncccc21. The van der Waals surface area contributed by atoms with Crippen LogP contribution in [0.25, 0.3) is 11.2 Å². The van der Waals surface area contributed by atoms with Crippen molar-refractivity contribution in [1.82, 2.24) is 24.4 Å². The van der Waals surface area contributed by atoms with Gasteiger partial charge in [-0.15, -0.1) is 0 Å². The molecule has 1 saturated carbocycles. The van der Waals surface area contributed by atoms with Crippen LogP contribution in [0.4, 0.5) is 17.6 Å². The monoisotopic (exact) mass is 420 g/mol. The van der Waals surface area contributed by atoms with Crippen molar-refractivity contribution in [3.8, 4) is 5.88 Å². The molecule has 0 bridgehead atoms. The molecule has 4 heterocycles. The van der Waals surface area contributed by atoms with Crippen LogP contribution in [-0.2, 0) is 19.8 Å². The zero-order valence-corrected chi connectivity index (χ0v) is 16.1. The van der Waals surface area contributed by atoms with E-state index in [1.807, 2.05) is 23.7 Å². The highest BCUT2D eigenvalue weighted by molar-refractivity contribution is 5.71. The lowest BCUT2D eigenvalue weighted by Gasteiger charge is -2.19. The van der Waals surface area contributed by atoms with Gasteiger partial charge < -0.3 is 9.30 Å². The van der Waals surface area contributed by atoms with Gasteiger partial charge in [0.05, 0.1) is 24.2 Å². The number of imidazole rings is 1. The summed E-state index contributed by atoms with van der Waals surface area (Å²) in [7, 11) is 1.98. The highest BCUT2D eigenvalue weighted by atomic mass is 19.4. The molecule has 30 heavy (non-hydrogen) atoms. The minimum atomic E-state index is -4.63. The molecule has 1 aliphatic heterocycles. The number of likely N-dealkylation sites (tertiary alicyclic amines) is 1. The summed E-state index contributed by atoms with van der Waals surface area (Å²) in [6.07, 6.45) is -2.30. The van der Waals surface area contributed by atoms with Crippen LogP contribution in [0.2, 0.25) is 0 Å². The normalized spacial score (nSPS) is 23.7. The number of aryl methyl sites for hydroxylation is 1. The third-order valence-electron chi connectivity index (χ3n) is 6.11. The number of fused-ring (bicyclic) bond motifs is 2. The molecule has 158 valence electrons. The van der Waals surface area contributed by atoms with E-state index >= 15 is 0 Å². The van der Waals surface area contributed by atoms with Gasteiger partial charge in [0.15, 0.2) is 11.5 Å². The van der Waals surface area contributed by atoms with Crippen molar-refractivity contribution < 1.29 is 22.3 Å². The first kappa shape index (κ1) is 19.2. The second-order valence-electron chi connectivity index (χ2n) is 7.94. The smallest absolute Gasteiger partial charge is 0.417 e. The van der Waals surface area contributed by atoms with Crippen LogP contribution >= 0.6 is 0 Å². The van der Waals surface area contributed by atoms with Crippen LogP contribution in [0.3, 0.4) is 0 Å². The molecule has 0 radical (unpaired) electrons. The Labute approximate surface area is 169 Å². The van der Waals surface area contributed by atoms with Crippen molar-refractivity contribution in [2.45, 2.75) is 12.7 Å². The number of aromatic nitrogens is 4. The first-order valence-corrected chi connectivity index (χ1v) is 9.65. The van der Waals surface area contributed by atoms with Crippen LogP contribution in [0.1, 0.15) is 11.4 Å². The number of piperidine rings is 1. The molecule has 2 fully saturated rings. The van der Waals surface area contributed by atoms with E-state index in [2.05, 4.69) is 19.9 Å². The Morgan fingerprint density at radius 1 is 1.20 bits per heavy atom. The summed E-state index contributed by atoms with van der Waals surface area (Å²) in [5.74, 6) is 0.635. The van der Waals surface area contributed by atoms with Crippen molar-refractivity contribution in [2.24, 2.45) is 24.8 Å². The zero-order chi connectivity index (χ0) is 21.0. The van der Waals surface area contributed by atoms with Gasteiger partial charge in [-0.25, -0.2) is 19.3 Å². The molecule has 1 unspecified atom stereocenters. The predicted octanol–water partition coefficient (Wildman–Crippen LogP) is 3.28. The summed E-state index contributed by atoms with van der Waals surface area (Å²) in [5, 5.41) is 0. The quantitative estimate of drug-likeness (QED) is 0.593. The van der Waals surface area contributed by atoms with Crippen molar-refractivity contribution in [1.29, 1.82) is 0 Å². The van der Waals surface area contributed by atoms with Crippen molar-refractivity contribution in [3.05, 3.63) is 47.8 Å². The fraction of sp³-hybridized carbons (Fsp3) is 0.450. The minimum absolute atomic E-state index is 0.259. The number of hydrogen-bond donors (Lipinski definition) is 0. The fourth-order valence-corrected chi connectivity index (χ4v) is 4.39. The van der Waals surface area contributed by atoms with Crippen LogP contribution in [0.15, 0.2) is 30.6 Å². The molecular weight excluding hydrogens is 401 g/mol. The van der Waals surface area contributed by atoms with Crippen LogP contribution in [0.5, 0.6) is 5.88 Å². The molecule has 1 saturated heterocycles. The van der Waals surface area contributed by atoms with Gasteiger partial charge in [-0.2, -0.15) is 13.2 Å². The molecule has 0 spiro atoms. The van der Waals surface area contributed by atoms with Gasteiger partial charge in [0.2, 0.25) is 5.88 Å². The summed E-state index contributed by atoms with van der Waals surface area (Å²) in [6.45, 7) is 2.76. The maximum absolute atomic E-state index is 13.9. The zero-order valence-electron chi connectivity index (χ0n) is 16.1. The first-order chi connectivity index (χ1) is 14.3. The lowest BCUT2D eigenvalue weighted by Crippen LogP contribution is -2.26. The van der Waals surface area contributed by atoms with E-state index in [4.69, 9.17) is 4.74 Å².